The molecule has 3 aliphatic carbocycles. The van der Waals surface area contributed by atoms with E-state index in [-0.39, 0.29) is 33.0 Å². The van der Waals surface area contributed by atoms with Gasteiger partial charge in [0.25, 0.3) is 5.91 Å². The third-order valence-corrected chi connectivity index (χ3v) is 18.2. The highest BCUT2D eigenvalue weighted by atomic mass is 16.6. The molecule has 0 fully saturated rings. The molecule has 0 saturated heterocycles. The van der Waals surface area contributed by atoms with E-state index in [1.165, 1.54) is 134 Å². The molecule has 0 bridgehead atoms. The van der Waals surface area contributed by atoms with Gasteiger partial charge in [-0.15, -0.1) is 0 Å². The first-order valence-corrected chi connectivity index (χ1v) is 29.3. The van der Waals surface area contributed by atoms with Gasteiger partial charge in [-0.3, -0.25) is 9.63 Å². The highest BCUT2D eigenvalue weighted by molar-refractivity contribution is 5.99. The zero-order valence-corrected chi connectivity index (χ0v) is 51.1. The van der Waals surface area contributed by atoms with Crippen molar-refractivity contribution in [2.45, 2.75) is 182 Å². The van der Waals surface area contributed by atoms with Crippen LogP contribution in [0.4, 0.5) is 0 Å². The van der Waals surface area contributed by atoms with E-state index in [0.29, 0.717) is 11.0 Å². The topological polar surface area (TPSA) is 38.3 Å². The predicted octanol–water partition coefficient (Wildman–Crippen LogP) is 20.9. The molecule has 0 unspecified atom stereocenters. The number of aryl methyl sites for hydroxylation is 1. The molecule has 3 heteroatoms. The van der Waals surface area contributed by atoms with Crippen molar-refractivity contribution in [1.82, 2.24) is 5.48 Å². The SMILES string of the molecule is C/C(=C\c1ccccc1)c1ccc2c(c1)C(C)(C)CCC2(C)C.CC.CONC(=O)c1ccc2cc(-c3ccc4c(c3)C(C)(C)CCC4(C)C)ccc2c1.Cc1ccc2cc(-c3ccc4c(c3)C(C)(C)CCC4(C)C)ccc2c1. The van der Waals surface area contributed by atoms with Gasteiger partial charge in [0.2, 0.25) is 0 Å². The summed E-state index contributed by atoms with van der Waals surface area (Å²) in [6.07, 6.45) is 9.77. The molecule has 8 aromatic carbocycles. The second-order valence-corrected chi connectivity index (χ2v) is 26.8. The summed E-state index contributed by atoms with van der Waals surface area (Å²) in [5.74, 6) is -0.238. The molecule has 0 spiro atoms. The number of amides is 1. The Balaban J connectivity index is 0.000000155. The van der Waals surface area contributed by atoms with Gasteiger partial charge in [0, 0.05) is 5.56 Å². The summed E-state index contributed by atoms with van der Waals surface area (Å²) in [6, 6.07) is 57.5. The van der Waals surface area contributed by atoms with Crippen molar-refractivity contribution < 1.29 is 9.63 Å². The number of carbonyl (C=O) groups excluding carboxylic acids is 1. The minimum Gasteiger partial charge on any atom is -0.277 e. The lowest BCUT2D eigenvalue weighted by Gasteiger charge is -2.42. The Morgan fingerprint density at radius 2 is 0.759 bits per heavy atom. The number of hydrogen-bond acceptors (Lipinski definition) is 2. The zero-order chi connectivity index (χ0) is 57.3. The fourth-order valence-corrected chi connectivity index (χ4v) is 12.5. The minimum absolute atomic E-state index is 0.196. The molecule has 412 valence electrons. The summed E-state index contributed by atoms with van der Waals surface area (Å²) in [5, 5.41) is 4.80. The Morgan fingerprint density at radius 3 is 1.23 bits per heavy atom. The van der Waals surface area contributed by atoms with Gasteiger partial charge in [-0.1, -0.05) is 242 Å². The van der Waals surface area contributed by atoms with E-state index in [1.807, 2.05) is 32.0 Å². The van der Waals surface area contributed by atoms with Crippen LogP contribution in [0.5, 0.6) is 0 Å². The molecule has 0 saturated carbocycles. The average Bonchev–Trinajstić information content (AvgIpc) is 3.57. The summed E-state index contributed by atoms with van der Waals surface area (Å²) in [6.45, 7) is 36.9. The average molecular weight is 1050 g/mol. The maximum Gasteiger partial charge on any atom is 0.274 e. The molecule has 1 N–H and O–H groups in total. The number of hydrogen-bond donors (Lipinski definition) is 1. The number of carbonyl (C=O) groups is 1. The Morgan fingerprint density at radius 1 is 0.405 bits per heavy atom. The Hall–Kier alpha value is -6.55. The molecular weight excluding hydrogens is 959 g/mol. The van der Waals surface area contributed by atoms with Crippen LogP contribution < -0.4 is 5.48 Å². The Bertz CT molecular complexity index is 3520. The third-order valence-electron chi connectivity index (χ3n) is 18.2. The van der Waals surface area contributed by atoms with E-state index in [4.69, 9.17) is 4.84 Å². The summed E-state index contributed by atoms with van der Waals surface area (Å²) in [4.78, 5) is 16.7. The number of nitrogens with one attached hydrogen (secondary N) is 1. The van der Waals surface area contributed by atoms with Crippen molar-refractivity contribution in [3.63, 3.8) is 0 Å². The third kappa shape index (κ3) is 12.7. The number of hydroxylamine groups is 1. The molecule has 8 aromatic rings. The van der Waals surface area contributed by atoms with Gasteiger partial charge >= 0.3 is 0 Å². The van der Waals surface area contributed by atoms with Crippen LogP contribution in [0.2, 0.25) is 0 Å². The molecule has 0 aliphatic heterocycles. The van der Waals surface area contributed by atoms with Crippen LogP contribution in [0.25, 0.3) is 55.4 Å². The maximum absolute atomic E-state index is 12.0. The first-order chi connectivity index (χ1) is 37.3. The maximum atomic E-state index is 12.0. The van der Waals surface area contributed by atoms with E-state index in [2.05, 4.69) is 248 Å². The minimum atomic E-state index is -0.238. The molecule has 79 heavy (non-hydrogen) atoms. The fourth-order valence-electron chi connectivity index (χ4n) is 12.5. The van der Waals surface area contributed by atoms with Crippen LogP contribution in [0.15, 0.2) is 158 Å². The van der Waals surface area contributed by atoms with E-state index in [1.54, 1.807) is 0 Å². The van der Waals surface area contributed by atoms with Crippen LogP contribution in [0.1, 0.15) is 203 Å². The summed E-state index contributed by atoms with van der Waals surface area (Å²) in [7, 11) is 1.44. The molecule has 1 amide bonds. The van der Waals surface area contributed by atoms with Gasteiger partial charge in [0.1, 0.15) is 0 Å². The molecular formula is C76H91NO2. The molecule has 0 radical (unpaired) electrons. The smallest absolute Gasteiger partial charge is 0.274 e. The molecule has 0 heterocycles. The Labute approximate surface area is 476 Å². The van der Waals surface area contributed by atoms with E-state index in [0.717, 1.165) is 10.8 Å². The molecule has 11 rings (SSSR count). The molecule has 0 aromatic heterocycles. The number of rotatable bonds is 6. The zero-order valence-electron chi connectivity index (χ0n) is 51.1. The van der Waals surface area contributed by atoms with Gasteiger partial charge in [-0.05, 0) is 203 Å². The van der Waals surface area contributed by atoms with Crippen molar-refractivity contribution >= 4 is 39.1 Å². The first-order valence-electron chi connectivity index (χ1n) is 29.3. The molecule has 3 nitrogen and oxygen atoms in total. The second-order valence-electron chi connectivity index (χ2n) is 26.8. The van der Waals surface area contributed by atoms with Gasteiger partial charge in [-0.25, -0.2) is 5.48 Å². The van der Waals surface area contributed by atoms with Crippen LogP contribution in [-0.2, 0) is 37.3 Å². The van der Waals surface area contributed by atoms with Gasteiger partial charge in [0.15, 0.2) is 0 Å². The van der Waals surface area contributed by atoms with Crippen LogP contribution in [0, 0.1) is 6.92 Å². The molecule has 3 aliphatic rings. The predicted molar refractivity (Wildman–Crippen MR) is 342 cm³/mol. The van der Waals surface area contributed by atoms with Gasteiger partial charge in [0.05, 0.1) is 7.11 Å². The normalized spacial score (nSPS) is 17.7. The summed E-state index contributed by atoms with van der Waals surface area (Å²) in [5.41, 5.74) is 23.9. The van der Waals surface area contributed by atoms with Crippen molar-refractivity contribution in [3.8, 4) is 22.3 Å². The Kier molecular flexibility index (Phi) is 17.0. The lowest BCUT2D eigenvalue weighted by molar-refractivity contribution is 0.0538. The van der Waals surface area contributed by atoms with Crippen molar-refractivity contribution in [2.24, 2.45) is 0 Å². The van der Waals surface area contributed by atoms with Crippen LogP contribution >= 0.6 is 0 Å². The van der Waals surface area contributed by atoms with Crippen molar-refractivity contribution in [3.05, 3.63) is 213 Å². The number of fused-ring (bicyclic) bond motifs is 5. The highest BCUT2D eigenvalue weighted by Crippen LogP contribution is 2.49. The lowest BCUT2D eigenvalue weighted by Crippen LogP contribution is -2.33. The monoisotopic (exact) mass is 1050 g/mol. The first kappa shape index (κ1) is 58.6. The summed E-state index contributed by atoms with van der Waals surface area (Å²) < 4.78 is 0. The van der Waals surface area contributed by atoms with Gasteiger partial charge in [-0.2, -0.15) is 0 Å². The second kappa shape index (κ2) is 22.9. The summed E-state index contributed by atoms with van der Waals surface area (Å²) >= 11 is 0. The quantitative estimate of drug-likeness (QED) is 0.133. The van der Waals surface area contributed by atoms with E-state index in [9.17, 15) is 4.79 Å². The fraction of sp³-hybridized carbons (Fsp3) is 0.382. The number of benzene rings is 8. The lowest BCUT2D eigenvalue weighted by atomic mass is 9.63. The van der Waals surface area contributed by atoms with E-state index < -0.39 is 0 Å². The van der Waals surface area contributed by atoms with Gasteiger partial charge < -0.3 is 0 Å². The largest absolute Gasteiger partial charge is 0.277 e. The van der Waals surface area contributed by atoms with Crippen molar-refractivity contribution in [1.29, 1.82) is 0 Å². The molecule has 0 atom stereocenters. The standard InChI is InChI=1S/C26H29NO2.C25H28.C23H28.C2H6/c1-25(2)12-13-26(3,4)23-16-20(10-11-22(23)25)18-6-7-19-15-21(24(28)27-29-5)9-8-17(19)14-18;1-17-6-7-19-15-20(9-8-18(19)14-17)21-10-11-22-23(16-21)25(4,5)13-12-24(22,2)3;1-17(15-18-9-7-6-8-10-18)19-11-12-20-21(16-19)23(4,5)14-13-22(20,2)3;1-2/h6-11,14-16H,12-13H2,1-5H3,(H,27,28);6-11,14-16H,12-13H2,1-5H3;6-12,15-16H,13-14H2,1-5H3;1-2H3/b;;17-15+;. The van der Waals surface area contributed by atoms with Crippen molar-refractivity contribution in [2.75, 3.05) is 7.11 Å². The highest BCUT2D eigenvalue weighted by Gasteiger charge is 2.39. The van der Waals surface area contributed by atoms with Crippen LogP contribution in [-0.4, -0.2) is 13.0 Å². The van der Waals surface area contributed by atoms with Crippen LogP contribution in [0.3, 0.4) is 0 Å². The van der Waals surface area contributed by atoms with E-state index >= 15 is 0 Å². The number of allylic oxidation sites excluding steroid dienone is 1.